The first-order chi connectivity index (χ1) is 3.41. The molecule has 0 heterocycles. The predicted molar refractivity (Wildman–Crippen MR) is 40.7 cm³/mol. The van der Waals surface area contributed by atoms with Gasteiger partial charge in [-0.25, -0.2) is 0 Å². The van der Waals surface area contributed by atoms with Crippen LogP contribution >= 0.6 is 17.9 Å². The van der Waals surface area contributed by atoms with Gasteiger partial charge in [-0.15, -0.1) is 0 Å². The number of thiol groups is 1. The second-order valence-corrected chi connectivity index (χ2v) is 5.72. The van der Waals surface area contributed by atoms with Gasteiger partial charge in [0.15, 0.2) is 0 Å². The molecule has 0 unspecified atom stereocenters. The van der Waals surface area contributed by atoms with Crippen LogP contribution in [0.1, 0.15) is 0 Å². The minimum Gasteiger partial charge on any atom is -0.390 e. The summed E-state index contributed by atoms with van der Waals surface area (Å²) in [4.78, 5) is 15.7. The summed E-state index contributed by atoms with van der Waals surface area (Å²) in [5, 5.41) is 5.86. The van der Waals surface area contributed by atoms with Crippen molar-refractivity contribution < 1.29 is 9.79 Å². The maximum Gasteiger partial charge on any atom is 0.239 e. The Morgan fingerprint density at radius 1 is 1.75 bits per heavy atom. The lowest BCUT2D eigenvalue weighted by molar-refractivity contribution is 0.503. The molecule has 0 rings (SSSR count). The SMILES string of the molecule is N=CN.OP(O)(=S)S. The highest BCUT2D eigenvalue weighted by Crippen LogP contribution is 2.39. The van der Waals surface area contributed by atoms with Crippen molar-refractivity contribution in [3.63, 3.8) is 0 Å². The van der Waals surface area contributed by atoms with Gasteiger partial charge in [-0.1, -0.05) is 12.2 Å². The van der Waals surface area contributed by atoms with Crippen molar-refractivity contribution in [2.24, 2.45) is 5.73 Å². The van der Waals surface area contributed by atoms with Crippen LogP contribution in [0.25, 0.3) is 0 Å². The fourth-order valence-corrected chi connectivity index (χ4v) is 0. The smallest absolute Gasteiger partial charge is 0.239 e. The van der Waals surface area contributed by atoms with Crippen LogP contribution in [-0.4, -0.2) is 16.1 Å². The molecule has 50 valence electrons. The Morgan fingerprint density at radius 2 is 1.75 bits per heavy atom. The van der Waals surface area contributed by atoms with Gasteiger partial charge in [-0.3, -0.25) is 5.41 Å². The maximum atomic E-state index is 7.87. The molecule has 0 fully saturated rings. The Bertz CT molecular complexity index is 91.9. The highest BCUT2D eigenvalue weighted by molar-refractivity contribution is 8.59. The summed E-state index contributed by atoms with van der Waals surface area (Å²) in [6.45, 7) is 0. The molecule has 0 aromatic rings. The zero-order chi connectivity index (χ0) is 7.21. The Labute approximate surface area is 57.6 Å². The van der Waals surface area contributed by atoms with E-state index >= 15 is 0 Å². The molecule has 0 aromatic carbocycles. The van der Waals surface area contributed by atoms with E-state index < -0.39 is 5.69 Å². The molecule has 8 heavy (non-hydrogen) atoms. The third kappa shape index (κ3) is 1220. The van der Waals surface area contributed by atoms with E-state index in [2.05, 4.69) is 29.8 Å². The Hall–Kier alpha value is 0.390. The molecule has 0 radical (unpaired) electrons. The standard InChI is InChI=1S/CH4N2.H3O2PS2/c2-1-3;1-3(2,4)5/h1H,(H3,2,3);(H3,1,2,4,5). The van der Waals surface area contributed by atoms with Crippen molar-refractivity contribution in [3.8, 4) is 0 Å². The molecule has 0 atom stereocenters. The fraction of sp³-hybridized carbons (Fsp3) is 0. The quantitative estimate of drug-likeness (QED) is 0.151. The first-order valence-corrected chi connectivity index (χ1v) is 5.27. The van der Waals surface area contributed by atoms with Crippen LogP contribution in [0, 0.1) is 5.41 Å². The van der Waals surface area contributed by atoms with E-state index in [9.17, 15) is 0 Å². The molecule has 0 bridgehead atoms. The van der Waals surface area contributed by atoms with Crippen LogP contribution in [0.4, 0.5) is 0 Å². The van der Waals surface area contributed by atoms with Crippen LogP contribution < -0.4 is 5.73 Å². The number of hydrogen-bond acceptors (Lipinski definition) is 2. The monoisotopic (exact) mass is 174 g/mol. The highest BCUT2D eigenvalue weighted by atomic mass is 32.9. The summed E-state index contributed by atoms with van der Waals surface area (Å²) in [7, 11) is 0. The lowest BCUT2D eigenvalue weighted by Gasteiger charge is -1.88. The van der Waals surface area contributed by atoms with Gasteiger partial charge >= 0.3 is 0 Å². The normalized spacial score (nSPS) is 8.88. The first kappa shape index (κ1) is 11.2. The second-order valence-electron chi connectivity index (χ2n) is 0.680. The van der Waals surface area contributed by atoms with Crippen molar-refractivity contribution in [1.82, 2.24) is 0 Å². The molecule has 4 nitrogen and oxygen atoms in total. The second kappa shape index (κ2) is 5.53. The number of hydrogen-bond donors (Lipinski definition) is 5. The van der Waals surface area contributed by atoms with Gasteiger partial charge in [0.2, 0.25) is 5.69 Å². The summed E-state index contributed by atoms with van der Waals surface area (Å²) in [6, 6.07) is 0. The molecule has 0 saturated carbocycles. The summed E-state index contributed by atoms with van der Waals surface area (Å²) in [6.07, 6.45) is 0.750. The summed E-state index contributed by atoms with van der Waals surface area (Å²) >= 11 is 7.07. The maximum absolute atomic E-state index is 7.87. The van der Waals surface area contributed by atoms with Gasteiger partial charge in [0.1, 0.15) is 0 Å². The summed E-state index contributed by atoms with van der Waals surface area (Å²) in [5.41, 5.74) is 1.28. The van der Waals surface area contributed by atoms with E-state index in [-0.39, 0.29) is 0 Å². The fourth-order valence-electron chi connectivity index (χ4n) is 0. The van der Waals surface area contributed by atoms with Crippen molar-refractivity contribution in [2.45, 2.75) is 0 Å². The zero-order valence-corrected chi connectivity index (χ0v) is 6.46. The Balaban J connectivity index is 0. The van der Waals surface area contributed by atoms with Crippen LogP contribution in [0.5, 0.6) is 0 Å². The van der Waals surface area contributed by atoms with Crippen LogP contribution in [0.3, 0.4) is 0 Å². The summed E-state index contributed by atoms with van der Waals surface area (Å²) < 4.78 is 0. The van der Waals surface area contributed by atoms with E-state index in [1.165, 1.54) is 0 Å². The average Bonchev–Trinajstić information content (AvgIpc) is 1.27. The number of nitrogens with two attached hydrogens (primary N) is 1. The van der Waals surface area contributed by atoms with Crippen molar-refractivity contribution in [2.75, 3.05) is 0 Å². The third-order valence-electron chi connectivity index (χ3n) is 0. The van der Waals surface area contributed by atoms with E-state index in [1.54, 1.807) is 0 Å². The van der Waals surface area contributed by atoms with Gasteiger partial charge in [0.05, 0.1) is 6.34 Å². The molecular weight excluding hydrogens is 167 g/mol. The molecule has 0 aliphatic heterocycles. The topological polar surface area (TPSA) is 90.3 Å². The lowest BCUT2D eigenvalue weighted by Crippen LogP contribution is -1.81. The molecule has 0 aliphatic carbocycles. The van der Waals surface area contributed by atoms with Crippen molar-refractivity contribution in [3.05, 3.63) is 0 Å². The van der Waals surface area contributed by atoms with Crippen molar-refractivity contribution >= 4 is 36.1 Å². The van der Waals surface area contributed by atoms with E-state index in [4.69, 9.17) is 15.2 Å². The van der Waals surface area contributed by atoms with Crippen LogP contribution in [-0.2, 0) is 11.8 Å². The molecule has 0 spiro atoms. The molecule has 5 N–H and O–H groups in total. The molecule has 0 aromatic heterocycles. The van der Waals surface area contributed by atoms with E-state index in [1.807, 2.05) is 0 Å². The molecule has 0 amide bonds. The van der Waals surface area contributed by atoms with Crippen LogP contribution in [0.2, 0.25) is 0 Å². The Kier molecular flexibility index (Phi) is 7.75. The van der Waals surface area contributed by atoms with Crippen molar-refractivity contribution in [1.29, 1.82) is 5.41 Å². The highest BCUT2D eigenvalue weighted by Gasteiger charge is 1.90. The first-order valence-electron chi connectivity index (χ1n) is 1.40. The van der Waals surface area contributed by atoms with E-state index in [0.29, 0.717) is 0 Å². The molecular formula is CH7N2O2PS2. The van der Waals surface area contributed by atoms with Gasteiger partial charge in [-0.2, -0.15) is 0 Å². The third-order valence-corrected chi connectivity index (χ3v) is 0. The summed E-state index contributed by atoms with van der Waals surface area (Å²) in [5.74, 6) is 0. The minimum atomic E-state index is -3.11. The zero-order valence-electron chi connectivity index (χ0n) is 3.85. The van der Waals surface area contributed by atoms with Gasteiger partial charge in [0.25, 0.3) is 0 Å². The van der Waals surface area contributed by atoms with Gasteiger partial charge in [-0.05, 0) is 11.8 Å². The van der Waals surface area contributed by atoms with Gasteiger partial charge in [0, 0.05) is 0 Å². The van der Waals surface area contributed by atoms with Gasteiger partial charge < -0.3 is 15.5 Å². The Morgan fingerprint density at radius 3 is 1.75 bits per heavy atom. The number of nitrogens with one attached hydrogen (secondary N) is 1. The molecule has 0 saturated heterocycles. The molecule has 7 heteroatoms. The van der Waals surface area contributed by atoms with Crippen LogP contribution in [0.15, 0.2) is 0 Å². The lowest BCUT2D eigenvalue weighted by atomic mass is 11.4. The largest absolute Gasteiger partial charge is 0.390 e. The minimum absolute atomic E-state index is 0.750. The number of rotatable bonds is 0. The van der Waals surface area contributed by atoms with E-state index in [0.717, 1.165) is 6.34 Å². The molecule has 0 aliphatic rings. The predicted octanol–water partition coefficient (Wildman–Crippen LogP) is -0.323. The average molecular weight is 174 g/mol.